The summed E-state index contributed by atoms with van der Waals surface area (Å²) in [4.78, 5) is 23.7. The van der Waals surface area contributed by atoms with Crippen LogP contribution in [0.3, 0.4) is 0 Å². The van der Waals surface area contributed by atoms with Crippen molar-refractivity contribution in [2.75, 3.05) is 13.2 Å². The molecule has 5 heteroatoms. The molecule has 0 heterocycles. The second-order valence-corrected chi connectivity index (χ2v) is 4.97. The highest BCUT2D eigenvalue weighted by Crippen LogP contribution is 2.07. The number of carbonyl (C=O) groups excluding carboxylic acids is 2. The summed E-state index contributed by atoms with van der Waals surface area (Å²) in [6, 6.07) is 8.82. The van der Waals surface area contributed by atoms with Crippen LogP contribution in [0.2, 0.25) is 0 Å². The van der Waals surface area contributed by atoms with Gasteiger partial charge in [0, 0.05) is 0 Å². The summed E-state index contributed by atoms with van der Waals surface area (Å²) < 4.78 is 10.0. The van der Waals surface area contributed by atoms with Gasteiger partial charge in [-0.25, -0.2) is 0 Å². The van der Waals surface area contributed by atoms with Gasteiger partial charge in [0.1, 0.15) is 12.1 Å². The van der Waals surface area contributed by atoms with Gasteiger partial charge in [-0.1, -0.05) is 30.3 Å². The maximum Gasteiger partial charge on any atom is 0.323 e. The van der Waals surface area contributed by atoms with Gasteiger partial charge in [0.15, 0.2) is 0 Å². The lowest BCUT2D eigenvalue weighted by Gasteiger charge is -2.21. The first kappa shape index (κ1) is 18.2. The minimum absolute atomic E-state index is 0.316. The topological polar surface area (TPSA) is 64.6 Å². The summed E-state index contributed by atoms with van der Waals surface area (Å²) in [6.07, 6.45) is 1.29. The Morgan fingerprint density at radius 1 is 1.05 bits per heavy atom. The Labute approximate surface area is 132 Å². The van der Waals surface area contributed by atoms with Crippen molar-refractivity contribution in [3.05, 3.63) is 35.9 Å². The van der Waals surface area contributed by atoms with Crippen molar-refractivity contribution in [1.82, 2.24) is 5.32 Å². The smallest absolute Gasteiger partial charge is 0.323 e. The van der Waals surface area contributed by atoms with Crippen LogP contribution in [0.5, 0.6) is 0 Å². The van der Waals surface area contributed by atoms with Crippen molar-refractivity contribution < 1.29 is 19.1 Å². The number of benzene rings is 1. The first-order valence-corrected chi connectivity index (χ1v) is 7.71. The lowest BCUT2D eigenvalue weighted by Crippen LogP contribution is -2.47. The van der Waals surface area contributed by atoms with E-state index in [1.807, 2.05) is 30.3 Å². The van der Waals surface area contributed by atoms with E-state index in [1.165, 1.54) is 0 Å². The summed E-state index contributed by atoms with van der Waals surface area (Å²) >= 11 is 0. The Kier molecular flexibility index (Phi) is 8.22. The molecule has 0 amide bonds. The highest BCUT2D eigenvalue weighted by Gasteiger charge is 2.25. The highest BCUT2D eigenvalue weighted by atomic mass is 16.5. The Hall–Kier alpha value is -1.88. The van der Waals surface area contributed by atoms with Crippen LogP contribution in [0.15, 0.2) is 30.3 Å². The molecule has 0 bridgehead atoms. The average Bonchev–Trinajstić information content (AvgIpc) is 2.52. The van der Waals surface area contributed by atoms with E-state index in [-0.39, 0.29) is 11.9 Å². The molecule has 0 aliphatic carbocycles. The van der Waals surface area contributed by atoms with Gasteiger partial charge in [0.05, 0.1) is 13.2 Å². The minimum Gasteiger partial charge on any atom is -0.465 e. The first-order chi connectivity index (χ1) is 10.6. The van der Waals surface area contributed by atoms with Gasteiger partial charge < -0.3 is 9.47 Å². The summed E-state index contributed by atoms with van der Waals surface area (Å²) in [6.45, 7) is 5.84. The zero-order valence-electron chi connectivity index (χ0n) is 13.5. The standard InChI is InChI=1S/C17H25NO4/c1-4-21-16(19)13(3)18-15(17(20)22-5-2)12-11-14-9-7-6-8-10-14/h6-10,13,15,18H,4-5,11-12H2,1-3H3/t13-,15-/m0/s1. The second kappa shape index (κ2) is 9.95. The average molecular weight is 307 g/mol. The van der Waals surface area contributed by atoms with Crippen LogP contribution in [-0.2, 0) is 25.5 Å². The zero-order valence-corrected chi connectivity index (χ0v) is 13.5. The van der Waals surface area contributed by atoms with E-state index in [0.29, 0.717) is 19.6 Å². The Balaban J connectivity index is 2.63. The number of ether oxygens (including phenoxy) is 2. The van der Waals surface area contributed by atoms with E-state index in [1.54, 1.807) is 20.8 Å². The van der Waals surface area contributed by atoms with Gasteiger partial charge in [0.25, 0.3) is 0 Å². The number of esters is 2. The van der Waals surface area contributed by atoms with Gasteiger partial charge in [-0.05, 0) is 39.2 Å². The summed E-state index contributed by atoms with van der Waals surface area (Å²) in [5.41, 5.74) is 1.14. The molecule has 0 aromatic heterocycles. The van der Waals surface area contributed by atoms with E-state index in [2.05, 4.69) is 5.32 Å². The monoisotopic (exact) mass is 307 g/mol. The molecule has 5 nitrogen and oxygen atoms in total. The molecular formula is C17H25NO4. The fraction of sp³-hybridized carbons (Fsp3) is 0.529. The molecule has 0 saturated heterocycles. The second-order valence-electron chi connectivity index (χ2n) is 4.97. The predicted molar refractivity (Wildman–Crippen MR) is 84.4 cm³/mol. The number of aryl methyl sites for hydroxylation is 1. The van der Waals surface area contributed by atoms with Crippen molar-refractivity contribution in [2.24, 2.45) is 0 Å². The molecule has 0 fully saturated rings. The van der Waals surface area contributed by atoms with Crippen LogP contribution in [-0.4, -0.2) is 37.2 Å². The molecule has 1 aromatic carbocycles. The van der Waals surface area contributed by atoms with Crippen LogP contribution in [0.4, 0.5) is 0 Å². The van der Waals surface area contributed by atoms with E-state index < -0.39 is 12.1 Å². The van der Waals surface area contributed by atoms with Gasteiger partial charge in [-0.2, -0.15) is 0 Å². The molecule has 0 spiro atoms. The SMILES string of the molecule is CCOC(=O)[C@H](C)N[C@@H](CCc1ccccc1)C(=O)OCC. The van der Waals surface area contributed by atoms with E-state index >= 15 is 0 Å². The van der Waals surface area contributed by atoms with Crippen LogP contribution in [0, 0.1) is 0 Å². The zero-order chi connectivity index (χ0) is 16.4. The Morgan fingerprint density at radius 2 is 1.64 bits per heavy atom. The van der Waals surface area contributed by atoms with Crippen molar-refractivity contribution in [3.8, 4) is 0 Å². The van der Waals surface area contributed by atoms with Gasteiger partial charge >= 0.3 is 11.9 Å². The number of carbonyl (C=O) groups is 2. The molecule has 122 valence electrons. The van der Waals surface area contributed by atoms with E-state index in [9.17, 15) is 9.59 Å². The Bertz CT molecular complexity index is 461. The van der Waals surface area contributed by atoms with Crippen molar-refractivity contribution >= 4 is 11.9 Å². The van der Waals surface area contributed by atoms with Crippen molar-refractivity contribution in [2.45, 2.75) is 45.7 Å². The molecule has 22 heavy (non-hydrogen) atoms. The quantitative estimate of drug-likeness (QED) is 0.708. The van der Waals surface area contributed by atoms with Crippen LogP contribution in [0.25, 0.3) is 0 Å². The Morgan fingerprint density at radius 3 is 2.23 bits per heavy atom. The molecule has 0 unspecified atom stereocenters. The third kappa shape index (κ3) is 6.26. The normalized spacial score (nSPS) is 13.2. The van der Waals surface area contributed by atoms with E-state index in [4.69, 9.17) is 9.47 Å². The molecule has 1 N–H and O–H groups in total. The van der Waals surface area contributed by atoms with Crippen molar-refractivity contribution in [1.29, 1.82) is 0 Å². The summed E-state index contributed by atoms with van der Waals surface area (Å²) in [5.74, 6) is -0.703. The van der Waals surface area contributed by atoms with E-state index in [0.717, 1.165) is 12.0 Å². The molecule has 0 aliphatic heterocycles. The van der Waals surface area contributed by atoms with Gasteiger partial charge in [-0.3, -0.25) is 14.9 Å². The predicted octanol–water partition coefficient (Wildman–Crippen LogP) is 2.09. The molecule has 1 aromatic rings. The fourth-order valence-electron chi connectivity index (χ4n) is 2.10. The lowest BCUT2D eigenvalue weighted by atomic mass is 10.0. The van der Waals surface area contributed by atoms with Crippen LogP contribution in [0.1, 0.15) is 32.8 Å². The maximum atomic E-state index is 12.0. The molecule has 0 saturated carbocycles. The third-order valence-electron chi connectivity index (χ3n) is 3.23. The molecule has 0 radical (unpaired) electrons. The van der Waals surface area contributed by atoms with Gasteiger partial charge in [-0.15, -0.1) is 0 Å². The number of hydrogen-bond donors (Lipinski definition) is 1. The van der Waals surface area contributed by atoms with Crippen molar-refractivity contribution in [3.63, 3.8) is 0 Å². The minimum atomic E-state index is -0.551. The molecule has 1 rings (SSSR count). The van der Waals surface area contributed by atoms with Crippen LogP contribution < -0.4 is 5.32 Å². The largest absolute Gasteiger partial charge is 0.465 e. The lowest BCUT2D eigenvalue weighted by molar-refractivity contribution is -0.148. The van der Waals surface area contributed by atoms with Crippen LogP contribution >= 0.6 is 0 Å². The van der Waals surface area contributed by atoms with Gasteiger partial charge in [0.2, 0.25) is 0 Å². The molecule has 0 aliphatic rings. The molecule has 2 atom stereocenters. The maximum absolute atomic E-state index is 12.0. The first-order valence-electron chi connectivity index (χ1n) is 7.71. The number of rotatable bonds is 9. The highest BCUT2D eigenvalue weighted by molar-refractivity contribution is 5.79. The fourth-order valence-corrected chi connectivity index (χ4v) is 2.10. The number of hydrogen-bond acceptors (Lipinski definition) is 5. The summed E-state index contributed by atoms with van der Waals surface area (Å²) in [5, 5.41) is 3.01. The molecular weight excluding hydrogens is 282 g/mol. The summed E-state index contributed by atoms with van der Waals surface area (Å²) in [7, 11) is 0. The third-order valence-corrected chi connectivity index (χ3v) is 3.23. The number of nitrogens with one attached hydrogen (secondary N) is 1.